The zero-order valence-corrected chi connectivity index (χ0v) is 15.7. The second-order valence-electron chi connectivity index (χ2n) is 6.39. The molecule has 5 nitrogen and oxygen atoms in total. The van der Waals surface area contributed by atoms with Crippen molar-refractivity contribution in [1.29, 1.82) is 0 Å². The Balaban J connectivity index is 1.86. The van der Waals surface area contributed by atoms with Crippen molar-refractivity contribution in [3.63, 3.8) is 0 Å². The molecule has 0 atom stereocenters. The van der Waals surface area contributed by atoms with Crippen LogP contribution in [-0.4, -0.2) is 60.0 Å². The Bertz CT molecular complexity index is 559. The summed E-state index contributed by atoms with van der Waals surface area (Å²) >= 11 is 2.01. The zero-order valence-electron chi connectivity index (χ0n) is 14.8. The molecule has 0 spiro atoms. The predicted octanol–water partition coefficient (Wildman–Crippen LogP) is 2.21. The van der Waals surface area contributed by atoms with Crippen LogP contribution in [0.5, 0.6) is 0 Å². The van der Waals surface area contributed by atoms with Gasteiger partial charge >= 0.3 is 0 Å². The Labute approximate surface area is 149 Å². The van der Waals surface area contributed by atoms with Gasteiger partial charge in [-0.2, -0.15) is 11.8 Å². The van der Waals surface area contributed by atoms with Gasteiger partial charge in [-0.1, -0.05) is 18.2 Å². The Kier molecular flexibility index (Phi) is 6.97. The second kappa shape index (κ2) is 8.97. The van der Waals surface area contributed by atoms with E-state index in [9.17, 15) is 4.79 Å². The number of carbonyl (C=O) groups is 1. The van der Waals surface area contributed by atoms with Gasteiger partial charge in [-0.15, -0.1) is 0 Å². The van der Waals surface area contributed by atoms with Crippen molar-refractivity contribution in [3.05, 3.63) is 35.9 Å². The lowest BCUT2D eigenvalue weighted by Crippen LogP contribution is -2.51. The van der Waals surface area contributed by atoms with Gasteiger partial charge < -0.3 is 15.5 Å². The number of hydrogen-bond acceptors (Lipinski definition) is 3. The molecule has 6 heteroatoms. The van der Waals surface area contributed by atoms with Gasteiger partial charge in [-0.05, 0) is 32.9 Å². The highest BCUT2D eigenvalue weighted by molar-refractivity contribution is 8.00. The highest BCUT2D eigenvalue weighted by Gasteiger charge is 2.28. The number of benzene rings is 1. The van der Waals surface area contributed by atoms with Crippen LogP contribution in [0, 0.1) is 0 Å². The van der Waals surface area contributed by atoms with Crippen LogP contribution in [0.25, 0.3) is 0 Å². The molecule has 1 heterocycles. The summed E-state index contributed by atoms with van der Waals surface area (Å²) in [7, 11) is 0. The molecule has 2 N–H and O–H groups in total. The van der Waals surface area contributed by atoms with Crippen LogP contribution in [0.3, 0.4) is 0 Å². The quantitative estimate of drug-likeness (QED) is 0.487. The Hall–Kier alpha value is -1.69. The molecule has 0 radical (unpaired) electrons. The summed E-state index contributed by atoms with van der Waals surface area (Å²) < 4.78 is 0.246. The van der Waals surface area contributed by atoms with Crippen molar-refractivity contribution in [2.24, 2.45) is 4.99 Å². The molecular formula is C18H28N4OS. The molecule has 2 rings (SSSR count). The van der Waals surface area contributed by atoms with Crippen LogP contribution in [0.15, 0.2) is 35.3 Å². The van der Waals surface area contributed by atoms with E-state index in [2.05, 4.69) is 41.3 Å². The van der Waals surface area contributed by atoms with Crippen molar-refractivity contribution >= 4 is 23.6 Å². The van der Waals surface area contributed by atoms with Crippen LogP contribution < -0.4 is 10.6 Å². The minimum atomic E-state index is -0.0497. The van der Waals surface area contributed by atoms with E-state index in [4.69, 9.17) is 0 Å². The first kappa shape index (κ1) is 18.6. The van der Waals surface area contributed by atoms with Gasteiger partial charge in [0.05, 0.1) is 6.54 Å². The number of rotatable bonds is 5. The Morgan fingerprint density at radius 3 is 2.71 bits per heavy atom. The van der Waals surface area contributed by atoms with Crippen LogP contribution >= 0.6 is 11.8 Å². The van der Waals surface area contributed by atoms with E-state index in [0.717, 1.165) is 31.3 Å². The monoisotopic (exact) mass is 348 g/mol. The molecule has 0 bridgehead atoms. The summed E-state index contributed by atoms with van der Waals surface area (Å²) in [5.74, 6) is 2.01. The predicted molar refractivity (Wildman–Crippen MR) is 103 cm³/mol. The number of aliphatic imine (C=N–C) groups is 1. The van der Waals surface area contributed by atoms with Gasteiger partial charge in [0.1, 0.15) is 0 Å². The van der Waals surface area contributed by atoms with Crippen molar-refractivity contribution in [2.45, 2.75) is 25.5 Å². The fraction of sp³-hybridized carbons (Fsp3) is 0.556. The van der Waals surface area contributed by atoms with Gasteiger partial charge in [-0.3, -0.25) is 9.79 Å². The summed E-state index contributed by atoms with van der Waals surface area (Å²) in [4.78, 5) is 19.0. The molecule has 1 fully saturated rings. The van der Waals surface area contributed by atoms with Gasteiger partial charge in [-0.25, -0.2) is 0 Å². The average molecular weight is 349 g/mol. The second-order valence-corrected chi connectivity index (χ2v) is 8.19. The van der Waals surface area contributed by atoms with Crippen molar-refractivity contribution in [2.75, 3.05) is 38.5 Å². The molecular weight excluding hydrogens is 320 g/mol. The maximum Gasteiger partial charge on any atom is 0.251 e. The van der Waals surface area contributed by atoms with E-state index in [1.165, 1.54) is 0 Å². The number of amides is 1. The summed E-state index contributed by atoms with van der Waals surface area (Å²) in [6, 6.07) is 9.27. The third-order valence-corrected chi connectivity index (χ3v) is 5.05. The third kappa shape index (κ3) is 5.74. The van der Waals surface area contributed by atoms with E-state index in [-0.39, 0.29) is 10.7 Å². The highest BCUT2D eigenvalue weighted by Crippen LogP contribution is 2.29. The highest BCUT2D eigenvalue weighted by atomic mass is 32.2. The SMILES string of the molecule is CCNC(=NCCNC(=O)c1ccccc1)N1CCSC(C)(C)C1. The maximum absolute atomic E-state index is 12.0. The zero-order chi connectivity index (χ0) is 17.4. The number of nitrogens with zero attached hydrogens (tertiary/aromatic N) is 2. The van der Waals surface area contributed by atoms with E-state index in [1.54, 1.807) is 0 Å². The molecule has 132 valence electrons. The van der Waals surface area contributed by atoms with Gasteiger partial charge in [0, 0.05) is 42.2 Å². The standard InChI is InChI=1S/C18H28N4OS/c1-4-19-17(22-12-13-24-18(2,3)14-22)21-11-10-20-16(23)15-8-6-5-7-9-15/h5-9H,4,10-14H2,1-3H3,(H,19,21)(H,20,23). The van der Waals surface area contributed by atoms with Crippen molar-refractivity contribution in [3.8, 4) is 0 Å². The molecule has 1 aromatic carbocycles. The van der Waals surface area contributed by atoms with Crippen LogP contribution in [-0.2, 0) is 0 Å². The summed E-state index contributed by atoms with van der Waals surface area (Å²) in [6.07, 6.45) is 0. The summed E-state index contributed by atoms with van der Waals surface area (Å²) in [5, 5.41) is 6.28. The third-order valence-electron chi connectivity index (χ3n) is 3.75. The Morgan fingerprint density at radius 1 is 1.29 bits per heavy atom. The van der Waals surface area contributed by atoms with Gasteiger partial charge in [0.25, 0.3) is 5.91 Å². The first-order chi connectivity index (χ1) is 11.5. The lowest BCUT2D eigenvalue weighted by atomic mass is 10.2. The molecule has 0 saturated carbocycles. The lowest BCUT2D eigenvalue weighted by Gasteiger charge is -2.39. The molecule has 1 aliphatic rings. The smallest absolute Gasteiger partial charge is 0.251 e. The van der Waals surface area contributed by atoms with E-state index >= 15 is 0 Å². The minimum Gasteiger partial charge on any atom is -0.357 e. The fourth-order valence-corrected chi connectivity index (χ4v) is 3.76. The van der Waals surface area contributed by atoms with Gasteiger partial charge in [0.2, 0.25) is 0 Å². The molecule has 1 aromatic rings. The average Bonchev–Trinajstić information content (AvgIpc) is 2.57. The molecule has 1 saturated heterocycles. The van der Waals surface area contributed by atoms with Crippen molar-refractivity contribution in [1.82, 2.24) is 15.5 Å². The van der Waals surface area contributed by atoms with Gasteiger partial charge in [0.15, 0.2) is 5.96 Å². The normalized spacial score (nSPS) is 17.5. The van der Waals surface area contributed by atoms with E-state index in [1.807, 2.05) is 42.1 Å². The number of guanidine groups is 1. The Morgan fingerprint density at radius 2 is 2.04 bits per heavy atom. The van der Waals surface area contributed by atoms with E-state index < -0.39 is 0 Å². The number of thioether (sulfide) groups is 1. The number of carbonyl (C=O) groups excluding carboxylic acids is 1. The van der Waals surface area contributed by atoms with Crippen molar-refractivity contribution < 1.29 is 4.79 Å². The summed E-state index contributed by atoms with van der Waals surface area (Å²) in [5.41, 5.74) is 0.684. The van der Waals surface area contributed by atoms with Crippen LogP contribution in [0.1, 0.15) is 31.1 Å². The first-order valence-corrected chi connectivity index (χ1v) is 9.51. The fourth-order valence-electron chi connectivity index (χ4n) is 2.65. The maximum atomic E-state index is 12.0. The molecule has 1 aliphatic heterocycles. The van der Waals surface area contributed by atoms with E-state index in [0.29, 0.717) is 18.7 Å². The van der Waals surface area contributed by atoms with Crippen LogP contribution in [0.4, 0.5) is 0 Å². The molecule has 0 aliphatic carbocycles. The molecule has 24 heavy (non-hydrogen) atoms. The molecule has 0 unspecified atom stereocenters. The number of nitrogens with one attached hydrogen (secondary N) is 2. The topological polar surface area (TPSA) is 56.7 Å². The summed E-state index contributed by atoms with van der Waals surface area (Å²) in [6.45, 7) is 10.6. The first-order valence-electron chi connectivity index (χ1n) is 8.52. The largest absolute Gasteiger partial charge is 0.357 e. The number of hydrogen-bond donors (Lipinski definition) is 2. The molecule has 0 aromatic heterocycles. The minimum absolute atomic E-state index is 0.0497. The lowest BCUT2D eigenvalue weighted by molar-refractivity contribution is 0.0955. The van der Waals surface area contributed by atoms with Crippen LogP contribution in [0.2, 0.25) is 0 Å². The molecule has 1 amide bonds.